The van der Waals surface area contributed by atoms with Crippen LogP contribution in [0, 0.1) is 6.92 Å². The van der Waals surface area contributed by atoms with E-state index in [4.69, 9.17) is 4.74 Å². The Balaban J connectivity index is 2.63. The van der Waals surface area contributed by atoms with Crippen LogP contribution in [0.4, 0.5) is 5.69 Å². The van der Waals surface area contributed by atoms with Crippen LogP contribution < -0.4 is 10.2 Å². The zero-order valence-electron chi connectivity index (χ0n) is 13.5. The summed E-state index contributed by atoms with van der Waals surface area (Å²) in [6, 6.07) is 6.76. The van der Waals surface area contributed by atoms with Crippen LogP contribution in [0.5, 0.6) is 0 Å². The molecule has 1 aromatic carbocycles. The standard InChI is InChI=1S/C17H30N2O/c1-5-10-18-14-16-8-9-17(13-15(16)4)19(6-2)11-12-20-7-3/h8-9,13,18H,5-7,10-12,14H2,1-4H3. The molecule has 0 aromatic heterocycles. The third-order valence-electron chi connectivity index (χ3n) is 3.52. The number of likely N-dealkylation sites (N-methyl/N-ethyl adjacent to an activating group) is 1. The van der Waals surface area contributed by atoms with Crippen molar-refractivity contribution >= 4 is 5.69 Å². The molecule has 3 nitrogen and oxygen atoms in total. The Morgan fingerprint density at radius 2 is 2.00 bits per heavy atom. The summed E-state index contributed by atoms with van der Waals surface area (Å²) in [6.45, 7) is 14.2. The minimum Gasteiger partial charge on any atom is -0.380 e. The fraction of sp³-hybridized carbons (Fsp3) is 0.647. The fourth-order valence-electron chi connectivity index (χ4n) is 2.26. The lowest BCUT2D eigenvalue weighted by Crippen LogP contribution is -2.27. The molecule has 0 heterocycles. The van der Waals surface area contributed by atoms with Crippen molar-refractivity contribution in [2.75, 3.05) is 37.7 Å². The van der Waals surface area contributed by atoms with Crippen molar-refractivity contribution in [3.05, 3.63) is 29.3 Å². The predicted molar refractivity (Wildman–Crippen MR) is 87.6 cm³/mol. The molecule has 0 aliphatic rings. The topological polar surface area (TPSA) is 24.5 Å². The van der Waals surface area contributed by atoms with E-state index in [2.05, 4.69) is 49.2 Å². The van der Waals surface area contributed by atoms with Crippen molar-refractivity contribution < 1.29 is 4.74 Å². The maximum Gasteiger partial charge on any atom is 0.0641 e. The first-order valence-corrected chi connectivity index (χ1v) is 7.85. The van der Waals surface area contributed by atoms with E-state index in [0.717, 1.165) is 39.4 Å². The van der Waals surface area contributed by atoms with E-state index >= 15 is 0 Å². The van der Waals surface area contributed by atoms with Crippen molar-refractivity contribution in [1.82, 2.24) is 5.32 Å². The number of nitrogens with one attached hydrogen (secondary N) is 1. The normalized spacial score (nSPS) is 10.8. The molecule has 0 bridgehead atoms. The molecule has 3 heteroatoms. The van der Waals surface area contributed by atoms with Crippen LogP contribution in [0.3, 0.4) is 0 Å². The first kappa shape index (κ1) is 17.0. The van der Waals surface area contributed by atoms with Crippen LogP contribution in [0.1, 0.15) is 38.3 Å². The van der Waals surface area contributed by atoms with Crippen molar-refractivity contribution in [2.24, 2.45) is 0 Å². The van der Waals surface area contributed by atoms with Crippen LogP contribution in [-0.2, 0) is 11.3 Å². The Kier molecular flexibility index (Phi) is 8.31. The molecule has 1 rings (SSSR count). The maximum atomic E-state index is 5.46. The molecule has 0 saturated heterocycles. The van der Waals surface area contributed by atoms with Gasteiger partial charge in [0, 0.05) is 31.9 Å². The number of hydrogen-bond donors (Lipinski definition) is 1. The van der Waals surface area contributed by atoms with Crippen LogP contribution in [0.2, 0.25) is 0 Å². The van der Waals surface area contributed by atoms with Gasteiger partial charge in [0.1, 0.15) is 0 Å². The van der Waals surface area contributed by atoms with E-state index in [1.54, 1.807) is 0 Å². The van der Waals surface area contributed by atoms with Gasteiger partial charge >= 0.3 is 0 Å². The Morgan fingerprint density at radius 3 is 2.60 bits per heavy atom. The Hall–Kier alpha value is -1.06. The molecule has 0 aliphatic heterocycles. The van der Waals surface area contributed by atoms with Gasteiger partial charge in [-0.3, -0.25) is 0 Å². The Bertz CT molecular complexity index is 379. The molecule has 0 aliphatic carbocycles. The summed E-state index contributed by atoms with van der Waals surface area (Å²) < 4.78 is 5.46. The predicted octanol–water partition coefficient (Wildman–Crippen LogP) is 3.36. The smallest absolute Gasteiger partial charge is 0.0641 e. The van der Waals surface area contributed by atoms with Gasteiger partial charge in [0.15, 0.2) is 0 Å². The molecule has 0 saturated carbocycles. The van der Waals surface area contributed by atoms with Gasteiger partial charge in [-0.1, -0.05) is 13.0 Å². The number of rotatable bonds is 10. The van der Waals surface area contributed by atoms with Gasteiger partial charge in [0.2, 0.25) is 0 Å². The van der Waals surface area contributed by atoms with Crippen molar-refractivity contribution in [1.29, 1.82) is 0 Å². The second-order valence-electron chi connectivity index (χ2n) is 5.06. The summed E-state index contributed by atoms with van der Waals surface area (Å²) in [4.78, 5) is 2.37. The lowest BCUT2D eigenvalue weighted by Gasteiger charge is -2.24. The molecule has 0 spiro atoms. The van der Waals surface area contributed by atoms with Crippen molar-refractivity contribution in [2.45, 2.75) is 40.7 Å². The second kappa shape index (κ2) is 9.78. The van der Waals surface area contributed by atoms with Gasteiger partial charge in [-0.05, 0) is 57.0 Å². The fourth-order valence-corrected chi connectivity index (χ4v) is 2.26. The van der Waals surface area contributed by atoms with E-state index < -0.39 is 0 Å². The highest BCUT2D eigenvalue weighted by atomic mass is 16.5. The van der Waals surface area contributed by atoms with Gasteiger partial charge in [-0.15, -0.1) is 0 Å². The highest BCUT2D eigenvalue weighted by Gasteiger charge is 2.06. The Labute approximate surface area is 124 Å². The molecule has 1 N–H and O–H groups in total. The number of ether oxygens (including phenoxy) is 1. The van der Waals surface area contributed by atoms with Gasteiger partial charge in [0.25, 0.3) is 0 Å². The summed E-state index contributed by atoms with van der Waals surface area (Å²) in [5.74, 6) is 0. The Morgan fingerprint density at radius 1 is 1.20 bits per heavy atom. The summed E-state index contributed by atoms with van der Waals surface area (Å²) in [7, 11) is 0. The van der Waals surface area contributed by atoms with E-state index in [0.29, 0.717) is 0 Å². The maximum absolute atomic E-state index is 5.46. The number of anilines is 1. The summed E-state index contributed by atoms with van der Waals surface area (Å²) in [6.07, 6.45) is 1.18. The second-order valence-corrected chi connectivity index (χ2v) is 5.06. The zero-order chi connectivity index (χ0) is 14.8. The van der Waals surface area contributed by atoms with Gasteiger partial charge < -0.3 is 15.0 Å². The molecular weight excluding hydrogens is 248 g/mol. The minimum absolute atomic E-state index is 0.790. The van der Waals surface area contributed by atoms with Crippen LogP contribution >= 0.6 is 0 Å². The minimum atomic E-state index is 0.790. The number of nitrogens with zero attached hydrogens (tertiary/aromatic N) is 1. The molecule has 1 aromatic rings. The average Bonchev–Trinajstić information content (AvgIpc) is 2.46. The average molecular weight is 278 g/mol. The van der Waals surface area contributed by atoms with Crippen LogP contribution in [0.25, 0.3) is 0 Å². The molecular formula is C17H30N2O. The van der Waals surface area contributed by atoms with Crippen LogP contribution in [0.15, 0.2) is 18.2 Å². The summed E-state index contributed by atoms with van der Waals surface area (Å²) in [5, 5.41) is 3.46. The third-order valence-corrected chi connectivity index (χ3v) is 3.52. The highest BCUT2D eigenvalue weighted by molar-refractivity contribution is 5.50. The van der Waals surface area contributed by atoms with Crippen molar-refractivity contribution in [3.63, 3.8) is 0 Å². The lowest BCUT2D eigenvalue weighted by atomic mass is 10.1. The molecule has 20 heavy (non-hydrogen) atoms. The molecule has 0 atom stereocenters. The third kappa shape index (κ3) is 5.51. The molecule has 0 fully saturated rings. The van der Waals surface area contributed by atoms with E-state index in [-0.39, 0.29) is 0 Å². The molecule has 0 unspecified atom stereocenters. The van der Waals surface area contributed by atoms with Gasteiger partial charge in [-0.25, -0.2) is 0 Å². The lowest BCUT2D eigenvalue weighted by molar-refractivity contribution is 0.154. The molecule has 0 radical (unpaired) electrons. The summed E-state index contributed by atoms with van der Waals surface area (Å²) >= 11 is 0. The van der Waals surface area contributed by atoms with E-state index in [1.807, 2.05) is 6.92 Å². The highest BCUT2D eigenvalue weighted by Crippen LogP contribution is 2.19. The van der Waals surface area contributed by atoms with Gasteiger partial charge in [0.05, 0.1) is 6.61 Å². The first-order chi connectivity index (χ1) is 9.72. The van der Waals surface area contributed by atoms with Crippen LogP contribution in [-0.4, -0.2) is 32.8 Å². The number of benzene rings is 1. The largest absolute Gasteiger partial charge is 0.380 e. The van der Waals surface area contributed by atoms with E-state index in [9.17, 15) is 0 Å². The number of aryl methyl sites for hydroxylation is 1. The first-order valence-electron chi connectivity index (χ1n) is 7.85. The molecule has 0 amide bonds. The SMILES string of the molecule is CCCNCc1ccc(N(CC)CCOCC)cc1C. The van der Waals surface area contributed by atoms with E-state index in [1.165, 1.54) is 23.2 Å². The molecule has 114 valence electrons. The number of hydrogen-bond acceptors (Lipinski definition) is 3. The monoisotopic (exact) mass is 278 g/mol. The quantitative estimate of drug-likeness (QED) is 0.664. The van der Waals surface area contributed by atoms with Crippen molar-refractivity contribution in [3.8, 4) is 0 Å². The zero-order valence-corrected chi connectivity index (χ0v) is 13.5. The summed E-state index contributed by atoms with van der Waals surface area (Å²) in [5.41, 5.74) is 4.05. The van der Waals surface area contributed by atoms with Gasteiger partial charge in [-0.2, -0.15) is 0 Å².